The Labute approximate surface area is 164 Å². The monoisotopic (exact) mass is 377 g/mol. The van der Waals surface area contributed by atoms with E-state index >= 15 is 0 Å². The number of nitrogens with zero attached hydrogens (tertiary/aromatic N) is 2. The molecule has 6 nitrogen and oxygen atoms in total. The van der Waals surface area contributed by atoms with Crippen molar-refractivity contribution in [3.05, 3.63) is 71.8 Å². The Morgan fingerprint density at radius 2 is 1.75 bits per heavy atom. The van der Waals surface area contributed by atoms with Crippen molar-refractivity contribution in [2.24, 2.45) is 0 Å². The Balaban J connectivity index is 1.38. The van der Waals surface area contributed by atoms with Crippen LogP contribution in [0.25, 0.3) is 11.3 Å². The van der Waals surface area contributed by atoms with E-state index in [0.717, 1.165) is 28.1 Å². The summed E-state index contributed by atoms with van der Waals surface area (Å²) in [4.78, 5) is 11.9. The fourth-order valence-electron chi connectivity index (χ4n) is 2.58. The van der Waals surface area contributed by atoms with Crippen molar-refractivity contribution in [2.75, 3.05) is 19.8 Å². The van der Waals surface area contributed by atoms with Crippen molar-refractivity contribution in [2.45, 2.75) is 13.8 Å². The van der Waals surface area contributed by atoms with Gasteiger partial charge in [-0.1, -0.05) is 42.5 Å². The van der Waals surface area contributed by atoms with Gasteiger partial charge in [0.1, 0.15) is 12.4 Å². The second-order valence-electron chi connectivity index (χ2n) is 6.31. The standard InChI is InChI=1S/C22H23N3O3/c1-16-7-6-10-20(17(16)2)28-15-21(26)23-13-14-27-22-12-11-19(24-25-22)18-8-4-3-5-9-18/h3-12H,13-15H2,1-2H3,(H,23,26). The van der Waals surface area contributed by atoms with Crippen LogP contribution in [-0.4, -0.2) is 35.9 Å². The molecule has 3 aromatic rings. The maximum Gasteiger partial charge on any atom is 0.258 e. The smallest absolute Gasteiger partial charge is 0.258 e. The van der Waals surface area contributed by atoms with E-state index in [0.29, 0.717) is 19.0 Å². The van der Waals surface area contributed by atoms with Crippen LogP contribution in [0.4, 0.5) is 0 Å². The van der Waals surface area contributed by atoms with E-state index in [9.17, 15) is 4.79 Å². The molecule has 0 aliphatic rings. The highest BCUT2D eigenvalue weighted by Gasteiger charge is 2.06. The molecule has 1 heterocycles. The number of rotatable bonds is 8. The summed E-state index contributed by atoms with van der Waals surface area (Å²) < 4.78 is 11.1. The average molecular weight is 377 g/mol. The van der Waals surface area contributed by atoms with E-state index in [4.69, 9.17) is 9.47 Å². The molecule has 0 saturated heterocycles. The first-order valence-corrected chi connectivity index (χ1v) is 9.11. The summed E-state index contributed by atoms with van der Waals surface area (Å²) in [5.74, 6) is 0.941. The molecule has 1 aromatic heterocycles. The van der Waals surface area contributed by atoms with Gasteiger partial charge in [-0.05, 0) is 37.1 Å². The summed E-state index contributed by atoms with van der Waals surface area (Å²) in [7, 11) is 0. The molecule has 0 radical (unpaired) electrons. The lowest BCUT2D eigenvalue weighted by Gasteiger charge is -2.11. The molecule has 6 heteroatoms. The third-order valence-corrected chi connectivity index (χ3v) is 4.30. The minimum absolute atomic E-state index is 0.0319. The van der Waals surface area contributed by atoms with Gasteiger partial charge in [-0.3, -0.25) is 4.79 Å². The maximum atomic E-state index is 11.9. The molecule has 0 aliphatic heterocycles. The third-order valence-electron chi connectivity index (χ3n) is 4.30. The lowest BCUT2D eigenvalue weighted by atomic mass is 10.1. The highest BCUT2D eigenvalue weighted by molar-refractivity contribution is 5.77. The Morgan fingerprint density at radius 1 is 0.929 bits per heavy atom. The van der Waals surface area contributed by atoms with Crippen LogP contribution in [0.3, 0.4) is 0 Å². The third kappa shape index (κ3) is 5.30. The summed E-state index contributed by atoms with van der Waals surface area (Å²) in [5, 5.41) is 11.0. The van der Waals surface area contributed by atoms with Crippen molar-refractivity contribution < 1.29 is 14.3 Å². The number of carbonyl (C=O) groups is 1. The van der Waals surface area contributed by atoms with E-state index in [1.54, 1.807) is 6.07 Å². The molecule has 0 unspecified atom stereocenters. The largest absolute Gasteiger partial charge is 0.483 e. The zero-order valence-corrected chi connectivity index (χ0v) is 16.0. The minimum atomic E-state index is -0.199. The van der Waals surface area contributed by atoms with Crippen LogP contribution in [0, 0.1) is 13.8 Å². The number of ether oxygens (including phenoxy) is 2. The van der Waals surface area contributed by atoms with E-state index in [-0.39, 0.29) is 12.5 Å². The molecule has 0 spiro atoms. The molecule has 1 N–H and O–H groups in total. The van der Waals surface area contributed by atoms with Crippen molar-refractivity contribution in [1.82, 2.24) is 15.5 Å². The van der Waals surface area contributed by atoms with Crippen molar-refractivity contribution in [1.29, 1.82) is 0 Å². The number of benzene rings is 2. The van der Waals surface area contributed by atoms with Crippen LogP contribution >= 0.6 is 0 Å². The second-order valence-corrected chi connectivity index (χ2v) is 6.31. The van der Waals surface area contributed by atoms with Crippen molar-refractivity contribution >= 4 is 5.91 Å². The number of amides is 1. The first-order chi connectivity index (χ1) is 13.6. The fourth-order valence-corrected chi connectivity index (χ4v) is 2.58. The van der Waals surface area contributed by atoms with Crippen LogP contribution in [0.5, 0.6) is 11.6 Å². The van der Waals surface area contributed by atoms with Crippen LogP contribution in [0.1, 0.15) is 11.1 Å². The first-order valence-electron chi connectivity index (χ1n) is 9.11. The number of nitrogens with one attached hydrogen (secondary N) is 1. The number of carbonyl (C=O) groups excluding carboxylic acids is 1. The van der Waals surface area contributed by atoms with E-state index in [1.165, 1.54) is 0 Å². The minimum Gasteiger partial charge on any atom is -0.483 e. The normalized spacial score (nSPS) is 10.4. The Morgan fingerprint density at radius 3 is 2.50 bits per heavy atom. The molecule has 0 bridgehead atoms. The lowest BCUT2D eigenvalue weighted by Crippen LogP contribution is -2.32. The molecule has 0 fully saturated rings. The molecular weight excluding hydrogens is 354 g/mol. The molecule has 2 aromatic carbocycles. The summed E-state index contributed by atoms with van der Waals surface area (Å²) in [6, 6.07) is 19.2. The summed E-state index contributed by atoms with van der Waals surface area (Å²) in [6.07, 6.45) is 0. The van der Waals surface area contributed by atoms with Gasteiger partial charge in [0.05, 0.1) is 12.2 Å². The van der Waals surface area contributed by atoms with Crippen LogP contribution in [0.2, 0.25) is 0 Å². The van der Waals surface area contributed by atoms with Crippen molar-refractivity contribution in [3.63, 3.8) is 0 Å². The molecule has 1 amide bonds. The topological polar surface area (TPSA) is 73.3 Å². The zero-order chi connectivity index (χ0) is 19.8. The van der Waals surface area contributed by atoms with Gasteiger partial charge in [0.25, 0.3) is 5.91 Å². The second kappa shape index (κ2) is 9.50. The van der Waals surface area contributed by atoms with E-state index in [1.807, 2.05) is 68.4 Å². The summed E-state index contributed by atoms with van der Waals surface area (Å²) in [5.41, 5.74) is 3.95. The highest BCUT2D eigenvalue weighted by Crippen LogP contribution is 2.20. The number of aryl methyl sites for hydroxylation is 1. The van der Waals surface area contributed by atoms with Gasteiger partial charge in [-0.25, -0.2) is 0 Å². The SMILES string of the molecule is Cc1cccc(OCC(=O)NCCOc2ccc(-c3ccccc3)nn2)c1C. The molecule has 0 saturated carbocycles. The van der Waals surface area contributed by atoms with Crippen molar-refractivity contribution in [3.8, 4) is 22.9 Å². The first kappa shape index (κ1) is 19.4. The average Bonchev–Trinajstić information content (AvgIpc) is 2.73. The lowest BCUT2D eigenvalue weighted by molar-refractivity contribution is -0.123. The fraction of sp³-hybridized carbons (Fsp3) is 0.227. The number of hydrogen-bond donors (Lipinski definition) is 1. The van der Waals surface area contributed by atoms with Crippen LogP contribution in [0.15, 0.2) is 60.7 Å². The molecule has 3 rings (SSSR count). The summed E-state index contributed by atoms with van der Waals surface area (Å²) in [6.45, 7) is 4.61. The van der Waals surface area contributed by atoms with Gasteiger partial charge in [0, 0.05) is 11.6 Å². The number of hydrogen-bond acceptors (Lipinski definition) is 5. The van der Waals surface area contributed by atoms with Crippen LogP contribution in [-0.2, 0) is 4.79 Å². The summed E-state index contributed by atoms with van der Waals surface area (Å²) >= 11 is 0. The Bertz CT molecular complexity index is 912. The maximum absolute atomic E-state index is 11.9. The van der Waals surface area contributed by atoms with Gasteiger partial charge in [0.2, 0.25) is 5.88 Å². The highest BCUT2D eigenvalue weighted by atomic mass is 16.5. The molecular formula is C22H23N3O3. The Hall–Kier alpha value is -3.41. The molecule has 28 heavy (non-hydrogen) atoms. The Kier molecular flexibility index (Phi) is 6.57. The predicted octanol–water partition coefficient (Wildman–Crippen LogP) is 3.33. The van der Waals surface area contributed by atoms with Gasteiger partial charge < -0.3 is 14.8 Å². The van der Waals surface area contributed by atoms with Gasteiger partial charge in [-0.2, -0.15) is 0 Å². The quantitative estimate of drug-likeness (QED) is 0.610. The van der Waals surface area contributed by atoms with E-state index in [2.05, 4.69) is 15.5 Å². The zero-order valence-electron chi connectivity index (χ0n) is 16.0. The van der Waals surface area contributed by atoms with Crippen LogP contribution < -0.4 is 14.8 Å². The number of aromatic nitrogens is 2. The molecule has 144 valence electrons. The van der Waals surface area contributed by atoms with Gasteiger partial charge >= 0.3 is 0 Å². The predicted molar refractivity (Wildman–Crippen MR) is 107 cm³/mol. The van der Waals surface area contributed by atoms with Gasteiger partial charge in [0.15, 0.2) is 6.61 Å². The van der Waals surface area contributed by atoms with Gasteiger partial charge in [-0.15, -0.1) is 10.2 Å². The van der Waals surface area contributed by atoms with E-state index < -0.39 is 0 Å². The molecule has 0 aliphatic carbocycles. The molecule has 0 atom stereocenters.